The van der Waals surface area contributed by atoms with E-state index in [1.807, 2.05) is 0 Å². The van der Waals surface area contributed by atoms with Crippen LogP contribution in [0.1, 0.15) is 59.3 Å². The lowest BCUT2D eigenvalue weighted by molar-refractivity contribution is -0.131. The van der Waals surface area contributed by atoms with Crippen LogP contribution in [0.25, 0.3) is 0 Å². The predicted octanol–water partition coefficient (Wildman–Crippen LogP) is 2.45. The van der Waals surface area contributed by atoms with Gasteiger partial charge in [0.05, 0.1) is 0 Å². The molecule has 1 amide bonds. The topological polar surface area (TPSA) is 55.1 Å². The number of hydrogen-bond donors (Lipinski definition) is 2. The number of hydrogen-bond acceptors (Lipinski definition) is 2. The first-order valence-corrected chi connectivity index (χ1v) is 6.98. The Balaban J connectivity index is 2.33. The molecule has 3 heteroatoms. The van der Waals surface area contributed by atoms with E-state index < -0.39 is 0 Å². The molecule has 17 heavy (non-hydrogen) atoms. The fourth-order valence-corrected chi connectivity index (χ4v) is 2.69. The summed E-state index contributed by atoms with van der Waals surface area (Å²) >= 11 is 0. The van der Waals surface area contributed by atoms with E-state index >= 15 is 0 Å². The third kappa shape index (κ3) is 4.66. The molecule has 0 heterocycles. The molecule has 1 rings (SSSR count). The summed E-state index contributed by atoms with van der Waals surface area (Å²) in [4.78, 5) is 12.1. The molecule has 3 N–H and O–H groups in total. The van der Waals surface area contributed by atoms with Gasteiger partial charge in [0.1, 0.15) is 0 Å². The predicted molar refractivity (Wildman–Crippen MR) is 71.6 cm³/mol. The summed E-state index contributed by atoms with van der Waals surface area (Å²) < 4.78 is 0. The van der Waals surface area contributed by atoms with E-state index in [4.69, 9.17) is 5.73 Å². The lowest BCUT2D eigenvalue weighted by Crippen LogP contribution is -2.45. The highest BCUT2D eigenvalue weighted by Gasteiger charge is 2.34. The summed E-state index contributed by atoms with van der Waals surface area (Å²) in [6, 6.07) is 0.0890. The van der Waals surface area contributed by atoms with Crippen LogP contribution in [-0.4, -0.2) is 18.5 Å². The molecule has 0 aliphatic heterocycles. The van der Waals surface area contributed by atoms with Crippen LogP contribution >= 0.6 is 0 Å². The highest BCUT2D eigenvalue weighted by molar-refractivity contribution is 5.82. The largest absolute Gasteiger partial charge is 0.354 e. The number of amides is 1. The van der Waals surface area contributed by atoms with Gasteiger partial charge in [-0.3, -0.25) is 4.79 Å². The molecule has 0 radical (unpaired) electrons. The van der Waals surface area contributed by atoms with Gasteiger partial charge in [0.2, 0.25) is 5.91 Å². The Labute approximate surface area is 106 Å². The maximum atomic E-state index is 12.1. The van der Waals surface area contributed by atoms with Gasteiger partial charge in [0, 0.05) is 18.0 Å². The number of carbonyl (C=O) groups excluding carboxylic acids is 1. The van der Waals surface area contributed by atoms with E-state index in [1.165, 1.54) is 19.3 Å². The number of rotatable bonds is 5. The zero-order valence-corrected chi connectivity index (χ0v) is 11.6. The molecule has 0 aromatic carbocycles. The molecule has 0 spiro atoms. The standard InChI is InChI=1S/C14H28N2O/c1-11(2)9-12(15)10-16-13(17)14(3)7-5-4-6-8-14/h11-12H,4-10,15H2,1-3H3,(H,16,17). The van der Waals surface area contributed by atoms with E-state index in [1.54, 1.807) is 0 Å². The van der Waals surface area contributed by atoms with Crippen molar-refractivity contribution < 1.29 is 4.79 Å². The van der Waals surface area contributed by atoms with Crippen LogP contribution in [0.5, 0.6) is 0 Å². The maximum Gasteiger partial charge on any atom is 0.225 e. The van der Waals surface area contributed by atoms with Gasteiger partial charge in [-0.15, -0.1) is 0 Å². The van der Waals surface area contributed by atoms with Crippen molar-refractivity contribution in [1.82, 2.24) is 5.32 Å². The van der Waals surface area contributed by atoms with Gasteiger partial charge < -0.3 is 11.1 Å². The molecule has 0 aromatic rings. The summed E-state index contributed by atoms with van der Waals surface area (Å²) in [6.07, 6.45) is 6.66. The van der Waals surface area contributed by atoms with Crippen LogP contribution in [0.15, 0.2) is 0 Å². The number of carbonyl (C=O) groups is 1. The van der Waals surface area contributed by atoms with Crippen molar-refractivity contribution in [3.05, 3.63) is 0 Å². The summed E-state index contributed by atoms with van der Waals surface area (Å²) in [5, 5.41) is 3.03. The smallest absolute Gasteiger partial charge is 0.225 e. The molecule has 1 unspecified atom stereocenters. The Bertz CT molecular complexity index is 245. The number of nitrogens with one attached hydrogen (secondary N) is 1. The number of nitrogens with two attached hydrogens (primary N) is 1. The molecule has 3 nitrogen and oxygen atoms in total. The van der Waals surface area contributed by atoms with Gasteiger partial charge in [-0.25, -0.2) is 0 Å². The normalized spacial score (nSPS) is 21.2. The van der Waals surface area contributed by atoms with Crippen molar-refractivity contribution in [3.63, 3.8) is 0 Å². The van der Waals surface area contributed by atoms with Crippen molar-refractivity contribution in [2.75, 3.05) is 6.54 Å². The van der Waals surface area contributed by atoms with Crippen LogP contribution < -0.4 is 11.1 Å². The van der Waals surface area contributed by atoms with Gasteiger partial charge in [0.25, 0.3) is 0 Å². The van der Waals surface area contributed by atoms with E-state index in [0.717, 1.165) is 19.3 Å². The van der Waals surface area contributed by atoms with Crippen LogP contribution in [0.2, 0.25) is 0 Å². The molecule has 0 saturated heterocycles. The highest BCUT2D eigenvalue weighted by atomic mass is 16.2. The first kappa shape index (κ1) is 14.5. The molecule has 1 aliphatic carbocycles. The van der Waals surface area contributed by atoms with Crippen molar-refractivity contribution in [3.8, 4) is 0 Å². The van der Waals surface area contributed by atoms with E-state index in [-0.39, 0.29) is 17.4 Å². The Morgan fingerprint density at radius 3 is 2.41 bits per heavy atom. The highest BCUT2D eigenvalue weighted by Crippen LogP contribution is 2.35. The van der Waals surface area contributed by atoms with Crippen LogP contribution in [-0.2, 0) is 4.79 Å². The molecular weight excluding hydrogens is 212 g/mol. The average molecular weight is 240 g/mol. The zero-order valence-electron chi connectivity index (χ0n) is 11.6. The van der Waals surface area contributed by atoms with Gasteiger partial charge >= 0.3 is 0 Å². The molecule has 1 atom stereocenters. The van der Waals surface area contributed by atoms with Gasteiger partial charge in [-0.05, 0) is 25.2 Å². The second-order valence-electron chi connectivity index (χ2n) is 6.22. The van der Waals surface area contributed by atoms with Crippen molar-refractivity contribution in [2.45, 2.75) is 65.3 Å². The molecule has 100 valence electrons. The SMILES string of the molecule is CC(C)CC(N)CNC(=O)C1(C)CCCCC1. The monoisotopic (exact) mass is 240 g/mol. The van der Waals surface area contributed by atoms with Crippen molar-refractivity contribution in [1.29, 1.82) is 0 Å². The van der Waals surface area contributed by atoms with Gasteiger partial charge in [-0.1, -0.05) is 40.0 Å². The lowest BCUT2D eigenvalue weighted by atomic mass is 9.75. The summed E-state index contributed by atoms with van der Waals surface area (Å²) in [6.45, 7) is 7.02. The Hall–Kier alpha value is -0.570. The molecule has 0 aromatic heterocycles. The molecule has 1 aliphatic rings. The molecule has 1 saturated carbocycles. The van der Waals surface area contributed by atoms with Gasteiger partial charge in [0.15, 0.2) is 0 Å². The summed E-state index contributed by atoms with van der Waals surface area (Å²) in [5.74, 6) is 0.795. The quantitative estimate of drug-likeness (QED) is 0.775. The Morgan fingerprint density at radius 2 is 1.88 bits per heavy atom. The van der Waals surface area contributed by atoms with E-state index in [2.05, 4.69) is 26.1 Å². The first-order chi connectivity index (χ1) is 7.94. The zero-order chi connectivity index (χ0) is 12.9. The second-order valence-corrected chi connectivity index (χ2v) is 6.22. The third-order valence-corrected chi connectivity index (χ3v) is 3.80. The van der Waals surface area contributed by atoms with E-state index in [9.17, 15) is 4.79 Å². The molecular formula is C14H28N2O. The fourth-order valence-electron chi connectivity index (χ4n) is 2.69. The van der Waals surface area contributed by atoms with E-state index in [0.29, 0.717) is 12.5 Å². The fraction of sp³-hybridized carbons (Fsp3) is 0.929. The van der Waals surface area contributed by atoms with Crippen LogP contribution in [0.3, 0.4) is 0 Å². The Kier molecular flexibility index (Phi) is 5.44. The second kappa shape index (κ2) is 6.39. The summed E-state index contributed by atoms with van der Waals surface area (Å²) in [5.41, 5.74) is 5.84. The van der Waals surface area contributed by atoms with Gasteiger partial charge in [-0.2, -0.15) is 0 Å². The minimum absolute atomic E-state index is 0.0890. The first-order valence-electron chi connectivity index (χ1n) is 6.98. The third-order valence-electron chi connectivity index (χ3n) is 3.80. The van der Waals surface area contributed by atoms with Crippen LogP contribution in [0, 0.1) is 11.3 Å². The van der Waals surface area contributed by atoms with Crippen molar-refractivity contribution >= 4 is 5.91 Å². The van der Waals surface area contributed by atoms with Crippen molar-refractivity contribution in [2.24, 2.45) is 17.1 Å². The average Bonchev–Trinajstić information content (AvgIpc) is 2.26. The molecule has 0 bridgehead atoms. The minimum atomic E-state index is -0.143. The lowest BCUT2D eigenvalue weighted by Gasteiger charge is -2.32. The summed E-state index contributed by atoms with van der Waals surface area (Å²) in [7, 11) is 0. The minimum Gasteiger partial charge on any atom is -0.354 e. The Morgan fingerprint density at radius 1 is 1.29 bits per heavy atom. The maximum absolute atomic E-state index is 12.1. The van der Waals surface area contributed by atoms with Crippen LogP contribution in [0.4, 0.5) is 0 Å². The molecule has 1 fully saturated rings.